The van der Waals surface area contributed by atoms with Crippen LogP contribution < -0.4 is 10.1 Å². The van der Waals surface area contributed by atoms with Crippen molar-refractivity contribution in [1.29, 1.82) is 0 Å². The Morgan fingerprint density at radius 3 is 3.24 bits per heavy atom. The van der Waals surface area contributed by atoms with E-state index < -0.39 is 0 Å². The molecular formula is C15H18N4O2. The van der Waals surface area contributed by atoms with E-state index in [0.29, 0.717) is 12.4 Å². The summed E-state index contributed by atoms with van der Waals surface area (Å²) >= 11 is 0. The third kappa shape index (κ3) is 2.61. The van der Waals surface area contributed by atoms with Crippen LogP contribution in [0.3, 0.4) is 0 Å². The van der Waals surface area contributed by atoms with Crippen molar-refractivity contribution in [3.8, 4) is 5.88 Å². The number of hydrogen-bond donors (Lipinski definition) is 1. The number of rotatable bonds is 4. The topological polar surface area (TPSA) is 69.0 Å². The van der Waals surface area contributed by atoms with Gasteiger partial charge in [0.25, 0.3) is 0 Å². The predicted octanol–water partition coefficient (Wildman–Crippen LogP) is 1.17. The molecule has 0 spiro atoms. The van der Waals surface area contributed by atoms with Crippen LogP contribution in [0.15, 0.2) is 24.5 Å². The van der Waals surface area contributed by atoms with Gasteiger partial charge < -0.3 is 10.1 Å². The average Bonchev–Trinajstić information content (AvgIpc) is 3.07. The van der Waals surface area contributed by atoms with Crippen molar-refractivity contribution in [3.05, 3.63) is 41.3 Å². The first-order valence-electron chi connectivity index (χ1n) is 6.97. The summed E-state index contributed by atoms with van der Waals surface area (Å²) in [5.74, 6) is 0.407. The van der Waals surface area contributed by atoms with E-state index in [4.69, 9.17) is 4.74 Å². The van der Waals surface area contributed by atoms with Crippen molar-refractivity contribution in [2.45, 2.75) is 25.3 Å². The number of nitrogens with zero attached hydrogens (tertiary/aromatic N) is 3. The Balaban J connectivity index is 1.68. The molecule has 0 fully saturated rings. The molecule has 0 aromatic carbocycles. The molecule has 110 valence electrons. The Bertz CT molecular complexity index is 665. The fraction of sp³-hybridized carbons (Fsp3) is 0.400. The lowest BCUT2D eigenvalue weighted by Gasteiger charge is -2.11. The quantitative estimate of drug-likeness (QED) is 0.916. The summed E-state index contributed by atoms with van der Waals surface area (Å²) in [6, 6.07) is 3.96. The Hall–Kier alpha value is -2.37. The van der Waals surface area contributed by atoms with Crippen LogP contribution in [0.2, 0.25) is 0 Å². The number of amides is 1. The Morgan fingerprint density at radius 2 is 2.43 bits per heavy atom. The molecule has 21 heavy (non-hydrogen) atoms. The number of nitrogens with one attached hydrogen (secondary N) is 1. The van der Waals surface area contributed by atoms with Gasteiger partial charge in [-0.1, -0.05) is 6.07 Å². The first-order chi connectivity index (χ1) is 10.2. The molecule has 1 aliphatic carbocycles. The maximum Gasteiger partial charge on any atom is 0.237 e. The number of aryl methyl sites for hydroxylation is 2. The van der Waals surface area contributed by atoms with E-state index in [9.17, 15) is 4.79 Å². The monoisotopic (exact) mass is 286 g/mol. The van der Waals surface area contributed by atoms with Crippen LogP contribution in [0.5, 0.6) is 5.88 Å². The smallest absolute Gasteiger partial charge is 0.237 e. The molecule has 1 N–H and O–H groups in total. The van der Waals surface area contributed by atoms with Crippen LogP contribution in [0.1, 0.15) is 29.2 Å². The third-order valence-corrected chi connectivity index (χ3v) is 3.79. The van der Waals surface area contributed by atoms with E-state index in [0.717, 1.165) is 24.1 Å². The highest BCUT2D eigenvalue weighted by molar-refractivity contribution is 5.84. The van der Waals surface area contributed by atoms with E-state index in [1.807, 2.05) is 25.4 Å². The van der Waals surface area contributed by atoms with Crippen LogP contribution in [-0.4, -0.2) is 27.8 Å². The molecule has 2 aromatic heterocycles. The molecule has 2 aromatic rings. The fourth-order valence-electron chi connectivity index (χ4n) is 2.78. The summed E-state index contributed by atoms with van der Waals surface area (Å²) in [5.41, 5.74) is 2.96. The molecule has 1 atom stereocenters. The second-order valence-corrected chi connectivity index (χ2v) is 5.19. The molecule has 0 bridgehead atoms. The minimum atomic E-state index is -0.149. The third-order valence-electron chi connectivity index (χ3n) is 3.79. The molecule has 3 rings (SSSR count). The number of carbonyl (C=O) groups is 1. The van der Waals surface area contributed by atoms with Gasteiger partial charge in [-0.2, -0.15) is 0 Å². The van der Waals surface area contributed by atoms with Crippen molar-refractivity contribution in [3.63, 3.8) is 0 Å². The highest BCUT2D eigenvalue weighted by Crippen LogP contribution is 2.31. The van der Waals surface area contributed by atoms with Crippen molar-refractivity contribution in [2.24, 2.45) is 7.05 Å². The minimum absolute atomic E-state index is 0.0124. The van der Waals surface area contributed by atoms with Crippen molar-refractivity contribution in [2.75, 3.05) is 7.11 Å². The number of pyridine rings is 1. The van der Waals surface area contributed by atoms with E-state index in [-0.39, 0.29) is 11.8 Å². The summed E-state index contributed by atoms with van der Waals surface area (Å²) in [6.45, 7) is 0.411. The SMILES string of the molecule is COc1nn(C)cc1CNC(=O)C1CCc2cccnc21. The Kier molecular flexibility index (Phi) is 3.60. The molecule has 1 aliphatic rings. The molecule has 1 amide bonds. The van der Waals surface area contributed by atoms with Crippen molar-refractivity contribution < 1.29 is 9.53 Å². The molecule has 6 heteroatoms. The van der Waals surface area contributed by atoms with E-state index in [1.54, 1.807) is 18.0 Å². The minimum Gasteiger partial charge on any atom is -0.480 e. The van der Waals surface area contributed by atoms with Crippen LogP contribution in [0, 0.1) is 0 Å². The highest BCUT2D eigenvalue weighted by atomic mass is 16.5. The van der Waals surface area contributed by atoms with Gasteiger partial charge in [-0.15, -0.1) is 5.10 Å². The summed E-state index contributed by atoms with van der Waals surface area (Å²) in [4.78, 5) is 16.7. The lowest BCUT2D eigenvalue weighted by atomic mass is 10.1. The van der Waals surface area contributed by atoms with E-state index >= 15 is 0 Å². The first-order valence-corrected chi connectivity index (χ1v) is 6.97. The van der Waals surface area contributed by atoms with Gasteiger partial charge in [-0.25, -0.2) is 0 Å². The summed E-state index contributed by atoms with van der Waals surface area (Å²) in [7, 11) is 3.40. The zero-order chi connectivity index (χ0) is 14.8. The van der Waals surface area contributed by atoms with Gasteiger partial charge >= 0.3 is 0 Å². The maximum atomic E-state index is 12.4. The summed E-state index contributed by atoms with van der Waals surface area (Å²) in [5, 5.41) is 7.13. The lowest BCUT2D eigenvalue weighted by Crippen LogP contribution is -2.28. The summed E-state index contributed by atoms with van der Waals surface area (Å²) < 4.78 is 6.86. The number of ether oxygens (including phenoxy) is 1. The maximum absolute atomic E-state index is 12.4. The normalized spacial score (nSPS) is 16.6. The zero-order valence-electron chi connectivity index (χ0n) is 12.2. The number of methoxy groups -OCH3 is 1. The van der Waals surface area contributed by atoms with Crippen LogP contribution in [-0.2, 0) is 24.8 Å². The zero-order valence-corrected chi connectivity index (χ0v) is 12.2. The molecular weight excluding hydrogens is 268 g/mol. The Labute approximate surface area is 123 Å². The average molecular weight is 286 g/mol. The van der Waals surface area contributed by atoms with Gasteiger partial charge in [0.15, 0.2) is 0 Å². The molecule has 0 saturated heterocycles. The van der Waals surface area contributed by atoms with Crippen LogP contribution in [0.25, 0.3) is 0 Å². The van der Waals surface area contributed by atoms with Gasteiger partial charge in [0.1, 0.15) is 0 Å². The van der Waals surface area contributed by atoms with Crippen molar-refractivity contribution >= 4 is 5.91 Å². The predicted molar refractivity (Wildman–Crippen MR) is 76.9 cm³/mol. The van der Waals surface area contributed by atoms with Gasteiger partial charge in [-0.05, 0) is 24.5 Å². The molecule has 6 nitrogen and oxygen atoms in total. The van der Waals surface area contributed by atoms with Gasteiger partial charge in [0.2, 0.25) is 11.8 Å². The highest BCUT2D eigenvalue weighted by Gasteiger charge is 2.29. The standard InChI is InChI=1S/C15H18N4O2/c1-19-9-11(15(18-19)21-2)8-17-14(20)12-6-5-10-4-3-7-16-13(10)12/h3-4,7,9,12H,5-6,8H2,1-2H3,(H,17,20). The second kappa shape index (κ2) is 5.55. The number of fused-ring (bicyclic) bond motifs is 1. The number of aromatic nitrogens is 3. The van der Waals surface area contributed by atoms with Crippen LogP contribution >= 0.6 is 0 Å². The molecule has 0 aliphatic heterocycles. The van der Waals surface area contributed by atoms with E-state index in [1.165, 1.54) is 5.56 Å². The molecule has 0 radical (unpaired) electrons. The lowest BCUT2D eigenvalue weighted by molar-refractivity contribution is -0.122. The van der Waals surface area contributed by atoms with Gasteiger partial charge in [0, 0.05) is 26.0 Å². The number of carbonyl (C=O) groups excluding carboxylic acids is 1. The largest absolute Gasteiger partial charge is 0.480 e. The molecule has 2 heterocycles. The van der Waals surface area contributed by atoms with Crippen LogP contribution in [0.4, 0.5) is 0 Å². The Morgan fingerprint density at radius 1 is 1.57 bits per heavy atom. The summed E-state index contributed by atoms with van der Waals surface area (Å²) in [6.07, 6.45) is 5.33. The van der Waals surface area contributed by atoms with E-state index in [2.05, 4.69) is 15.4 Å². The fourth-order valence-corrected chi connectivity index (χ4v) is 2.78. The molecule has 0 saturated carbocycles. The van der Waals surface area contributed by atoms with Crippen molar-refractivity contribution in [1.82, 2.24) is 20.1 Å². The van der Waals surface area contributed by atoms with Gasteiger partial charge in [0.05, 0.1) is 24.3 Å². The van der Waals surface area contributed by atoms with Gasteiger partial charge in [-0.3, -0.25) is 14.5 Å². The number of hydrogen-bond acceptors (Lipinski definition) is 4. The second-order valence-electron chi connectivity index (χ2n) is 5.19. The molecule has 1 unspecified atom stereocenters. The first kappa shape index (κ1) is 13.6.